The maximum Gasteiger partial charge on any atom is 0.263 e. The maximum absolute atomic E-state index is 12.4. The number of hydrogen-bond donors (Lipinski definition) is 1. The van der Waals surface area contributed by atoms with Gasteiger partial charge in [0.05, 0.1) is 6.61 Å². The van der Waals surface area contributed by atoms with E-state index in [4.69, 9.17) is 4.74 Å². The van der Waals surface area contributed by atoms with E-state index in [0.29, 0.717) is 18.5 Å². The Bertz CT molecular complexity index is 361. The summed E-state index contributed by atoms with van der Waals surface area (Å²) in [5.41, 5.74) is 1.11. The number of halogens is 2. The molecule has 1 N–H and O–H groups in total. The van der Waals surface area contributed by atoms with Crippen LogP contribution in [0.3, 0.4) is 0 Å². The van der Waals surface area contributed by atoms with E-state index in [0.717, 1.165) is 25.2 Å². The molecule has 0 bridgehead atoms. The molecule has 1 saturated heterocycles. The van der Waals surface area contributed by atoms with Crippen LogP contribution in [-0.4, -0.2) is 19.3 Å². The molecule has 2 unspecified atom stereocenters. The Morgan fingerprint density at radius 3 is 2.61 bits per heavy atom. The molecule has 0 saturated carbocycles. The van der Waals surface area contributed by atoms with Crippen molar-refractivity contribution in [3.8, 4) is 0 Å². The van der Waals surface area contributed by atoms with Gasteiger partial charge in [-0.1, -0.05) is 24.3 Å². The van der Waals surface area contributed by atoms with Gasteiger partial charge in [-0.2, -0.15) is 0 Å². The topological polar surface area (TPSA) is 21.3 Å². The number of hydrogen-bond acceptors (Lipinski definition) is 2. The molecule has 1 aromatic carbocycles. The average Bonchev–Trinajstić information content (AvgIpc) is 2.90. The lowest BCUT2D eigenvalue weighted by Crippen LogP contribution is -2.33. The van der Waals surface area contributed by atoms with Gasteiger partial charge in [-0.05, 0) is 24.8 Å². The van der Waals surface area contributed by atoms with Crippen molar-refractivity contribution < 1.29 is 13.5 Å². The van der Waals surface area contributed by atoms with Gasteiger partial charge >= 0.3 is 0 Å². The normalized spacial score (nSPS) is 21.4. The van der Waals surface area contributed by atoms with Crippen LogP contribution in [0.4, 0.5) is 8.78 Å². The van der Waals surface area contributed by atoms with Gasteiger partial charge in [-0.15, -0.1) is 0 Å². The summed E-state index contributed by atoms with van der Waals surface area (Å²) < 4.78 is 30.1. The lowest BCUT2D eigenvalue weighted by atomic mass is 10.0. The van der Waals surface area contributed by atoms with Crippen molar-refractivity contribution >= 4 is 0 Å². The van der Waals surface area contributed by atoms with Crippen LogP contribution >= 0.6 is 0 Å². The minimum atomic E-state index is -2.39. The summed E-state index contributed by atoms with van der Waals surface area (Å²) in [6.45, 7) is 4.52. The second-order valence-electron chi connectivity index (χ2n) is 4.84. The molecule has 0 aliphatic carbocycles. The van der Waals surface area contributed by atoms with Gasteiger partial charge in [0.15, 0.2) is 0 Å². The Morgan fingerprint density at radius 1 is 1.33 bits per heavy atom. The van der Waals surface area contributed by atoms with Gasteiger partial charge in [0, 0.05) is 24.8 Å². The van der Waals surface area contributed by atoms with Crippen LogP contribution in [0.25, 0.3) is 0 Å². The zero-order valence-corrected chi connectivity index (χ0v) is 10.5. The minimum absolute atomic E-state index is 0.0796. The highest BCUT2D eigenvalue weighted by molar-refractivity contribution is 5.23. The molecule has 0 aromatic heterocycles. The molecule has 18 heavy (non-hydrogen) atoms. The first kappa shape index (κ1) is 13.4. The highest BCUT2D eigenvalue weighted by Gasteiger charge is 2.21. The van der Waals surface area contributed by atoms with Crippen LogP contribution in [-0.2, 0) is 11.3 Å². The Labute approximate surface area is 106 Å². The summed E-state index contributed by atoms with van der Waals surface area (Å²) in [5, 5.41) is 3.42. The Kier molecular flexibility index (Phi) is 4.66. The molecule has 1 fully saturated rings. The number of rotatable bonds is 5. The first-order valence-corrected chi connectivity index (χ1v) is 6.35. The summed E-state index contributed by atoms with van der Waals surface area (Å²) >= 11 is 0. The first-order valence-electron chi connectivity index (χ1n) is 6.35. The van der Waals surface area contributed by atoms with Crippen molar-refractivity contribution in [3.05, 3.63) is 35.4 Å². The van der Waals surface area contributed by atoms with Crippen molar-refractivity contribution in [1.29, 1.82) is 0 Å². The zero-order valence-electron chi connectivity index (χ0n) is 10.5. The highest BCUT2D eigenvalue weighted by Crippen LogP contribution is 2.19. The monoisotopic (exact) mass is 255 g/mol. The van der Waals surface area contributed by atoms with E-state index in [-0.39, 0.29) is 5.56 Å². The zero-order chi connectivity index (χ0) is 13.0. The van der Waals surface area contributed by atoms with Gasteiger partial charge < -0.3 is 10.1 Å². The predicted octanol–water partition coefficient (Wildman–Crippen LogP) is 3.14. The summed E-state index contributed by atoms with van der Waals surface area (Å²) in [4.78, 5) is 0. The van der Waals surface area contributed by atoms with Crippen molar-refractivity contribution in [3.63, 3.8) is 0 Å². The van der Waals surface area contributed by atoms with Crippen LogP contribution in [0.5, 0.6) is 0 Å². The molecule has 1 aliphatic rings. The molecule has 2 nitrogen and oxygen atoms in total. The molecular weight excluding hydrogens is 236 g/mol. The number of ether oxygens (including phenoxy) is 1. The van der Waals surface area contributed by atoms with Crippen molar-refractivity contribution in [1.82, 2.24) is 5.32 Å². The Balaban J connectivity index is 1.82. The van der Waals surface area contributed by atoms with Crippen LogP contribution in [0.15, 0.2) is 24.3 Å². The van der Waals surface area contributed by atoms with E-state index in [1.807, 2.05) is 0 Å². The molecule has 1 aromatic rings. The van der Waals surface area contributed by atoms with Gasteiger partial charge in [-0.3, -0.25) is 0 Å². The SMILES string of the molecule is CC(NCc1ccc(C(F)F)cc1)C1CCOC1. The third kappa shape index (κ3) is 3.50. The summed E-state index contributed by atoms with van der Waals surface area (Å²) in [5.74, 6) is 0.560. The molecular formula is C14H19F2NO. The Morgan fingerprint density at radius 2 is 2.06 bits per heavy atom. The first-order chi connectivity index (χ1) is 8.66. The molecule has 100 valence electrons. The van der Waals surface area contributed by atoms with Crippen LogP contribution in [0.2, 0.25) is 0 Å². The van der Waals surface area contributed by atoms with Gasteiger partial charge in [-0.25, -0.2) is 8.78 Å². The van der Waals surface area contributed by atoms with E-state index in [2.05, 4.69) is 12.2 Å². The fourth-order valence-electron chi connectivity index (χ4n) is 2.17. The van der Waals surface area contributed by atoms with Gasteiger partial charge in [0.2, 0.25) is 0 Å². The lowest BCUT2D eigenvalue weighted by molar-refractivity contribution is 0.151. The third-order valence-corrected chi connectivity index (χ3v) is 3.53. The van der Waals surface area contributed by atoms with E-state index in [9.17, 15) is 8.78 Å². The molecule has 2 atom stereocenters. The van der Waals surface area contributed by atoms with Crippen LogP contribution in [0.1, 0.15) is 30.9 Å². The number of benzene rings is 1. The van der Waals surface area contributed by atoms with Gasteiger partial charge in [0.25, 0.3) is 6.43 Å². The molecule has 2 rings (SSSR count). The lowest BCUT2D eigenvalue weighted by Gasteiger charge is -2.19. The molecule has 0 spiro atoms. The smallest absolute Gasteiger partial charge is 0.263 e. The summed E-state index contributed by atoms with van der Waals surface area (Å²) in [6, 6.07) is 6.89. The van der Waals surface area contributed by atoms with Crippen molar-refractivity contribution in [2.75, 3.05) is 13.2 Å². The van der Waals surface area contributed by atoms with E-state index in [1.165, 1.54) is 12.1 Å². The fraction of sp³-hybridized carbons (Fsp3) is 0.571. The van der Waals surface area contributed by atoms with Crippen molar-refractivity contribution in [2.24, 2.45) is 5.92 Å². The molecule has 0 radical (unpaired) electrons. The second-order valence-corrected chi connectivity index (χ2v) is 4.84. The standard InChI is InChI=1S/C14H19F2NO/c1-10(13-6-7-18-9-13)17-8-11-2-4-12(5-3-11)14(15)16/h2-5,10,13-14,17H,6-9H2,1H3. The molecule has 1 heterocycles. The number of alkyl halides is 2. The fourth-order valence-corrected chi connectivity index (χ4v) is 2.17. The highest BCUT2D eigenvalue weighted by atomic mass is 19.3. The summed E-state index contributed by atoms with van der Waals surface area (Å²) in [7, 11) is 0. The molecule has 1 aliphatic heterocycles. The quantitative estimate of drug-likeness (QED) is 0.872. The molecule has 0 amide bonds. The second kappa shape index (κ2) is 6.25. The van der Waals surface area contributed by atoms with Crippen molar-refractivity contribution in [2.45, 2.75) is 32.4 Å². The minimum Gasteiger partial charge on any atom is -0.381 e. The third-order valence-electron chi connectivity index (χ3n) is 3.53. The van der Waals surface area contributed by atoms with Crippen LogP contribution < -0.4 is 5.32 Å². The largest absolute Gasteiger partial charge is 0.381 e. The van der Waals surface area contributed by atoms with Crippen LogP contribution in [0, 0.1) is 5.92 Å². The maximum atomic E-state index is 12.4. The van der Waals surface area contributed by atoms with E-state index >= 15 is 0 Å². The summed E-state index contributed by atoms with van der Waals surface area (Å²) in [6.07, 6.45) is -1.29. The molecule has 4 heteroatoms. The Hall–Kier alpha value is -1.00. The van der Waals surface area contributed by atoms with Gasteiger partial charge in [0.1, 0.15) is 0 Å². The average molecular weight is 255 g/mol. The van der Waals surface area contributed by atoms with E-state index < -0.39 is 6.43 Å². The number of nitrogens with one attached hydrogen (secondary N) is 1. The van der Waals surface area contributed by atoms with E-state index in [1.54, 1.807) is 12.1 Å². The predicted molar refractivity (Wildman–Crippen MR) is 66.6 cm³/mol.